The first-order valence-corrected chi connectivity index (χ1v) is 11.7. The predicted molar refractivity (Wildman–Crippen MR) is 126 cm³/mol. The van der Waals surface area contributed by atoms with Gasteiger partial charge in [0.15, 0.2) is 5.72 Å². The molecule has 1 aromatic rings. The minimum Gasteiger partial charge on any atom is -0.450 e. The van der Waals surface area contributed by atoms with E-state index in [9.17, 15) is 24.3 Å². The summed E-state index contributed by atoms with van der Waals surface area (Å²) in [6, 6.07) is 5.88. The van der Waals surface area contributed by atoms with Gasteiger partial charge in [0.1, 0.15) is 11.8 Å². The molecule has 0 aliphatic carbocycles. The van der Waals surface area contributed by atoms with Crippen LogP contribution in [0.25, 0.3) is 0 Å². The van der Waals surface area contributed by atoms with Gasteiger partial charge < -0.3 is 21.3 Å². The molecular weight excluding hydrogens is 454 g/mol. The zero-order chi connectivity index (χ0) is 26.1. The van der Waals surface area contributed by atoms with E-state index in [4.69, 9.17) is 21.6 Å². The summed E-state index contributed by atoms with van der Waals surface area (Å²) in [6.07, 6.45) is -0.315. The highest BCUT2D eigenvalue weighted by atomic mass is 16.7. The number of nitrogens with one attached hydrogen (secondary N) is 1. The van der Waals surface area contributed by atoms with Crippen molar-refractivity contribution in [3.63, 3.8) is 0 Å². The summed E-state index contributed by atoms with van der Waals surface area (Å²) in [5.74, 6) is -4.16. The Morgan fingerprint density at radius 3 is 2.26 bits per heavy atom. The highest BCUT2D eigenvalue weighted by Crippen LogP contribution is 2.58. The van der Waals surface area contributed by atoms with Crippen LogP contribution < -0.4 is 11.5 Å². The van der Waals surface area contributed by atoms with Gasteiger partial charge in [-0.1, -0.05) is 51.5 Å². The highest BCUT2D eigenvalue weighted by Gasteiger charge is 2.72. The number of nitrogens with two attached hydrogens (primary N) is 2. The van der Waals surface area contributed by atoms with Crippen molar-refractivity contribution in [3.05, 3.63) is 35.4 Å². The quantitative estimate of drug-likeness (QED) is 0.166. The Morgan fingerprint density at radius 1 is 1.14 bits per heavy atom. The van der Waals surface area contributed by atoms with Crippen LogP contribution in [0.5, 0.6) is 0 Å². The van der Waals surface area contributed by atoms with Crippen molar-refractivity contribution in [2.45, 2.75) is 51.8 Å². The van der Waals surface area contributed by atoms with E-state index in [0.717, 1.165) is 6.42 Å². The molecular formula is C24H33N5O6. The van der Waals surface area contributed by atoms with Crippen LogP contribution in [0.4, 0.5) is 4.79 Å². The van der Waals surface area contributed by atoms with E-state index >= 15 is 0 Å². The summed E-state index contributed by atoms with van der Waals surface area (Å²) in [4.78, 5) is 53.9. The largest absolute Gasteiger partial charge is 0.507 e. The van der Waals surface area contributed by atoms with Gasteiger partial charge >= 0.3 is 6.16 Å². The first-order valence-electron chi connectivity index (χ1n) is 11.7. The monoisotopic (exact) mass is 487 g/mol. The lowest BCUT2D eigenvalue weighted by Gasteiger charge is -2.44. The summed E-state index contributed by atoms with van der Waals surface area (Å²) in [7, 11) is 0. The number of ether oxygens (including phenoxy) is 1. The van der Waals surface area contributed by atoms with Gasteiger partial charge in [-0.25, -0.2) is 4.79 Å². The van der Waals surface area contributed by atoms with Gasteiger partial charge in [0, 0.05) is 31.0 Å². The number of amidine groups is 1. The van der Waals surface area contributed by atoms with Crippen molar-refractivity contribution >= 4 is 29.7 Å². The standard InChI is InChI=1S/C24H33N5O6/c1-4-5-11-28-21(31)17-18(22(28)32)24(13(2)3,35-23(33)34)29(12-10-16(25)30)19(17)14-6-8-15(9-7-14)20(26)27/h6-9,13,17-19H,4-5,10-12H2,1-3H3,(H2,25,30)(H3,26,27)(H,33,34). The molecule has 0 spiro atoms. The maximum Gasteiger partial charge on any atom is 0.507 e. The van der Waals surface area contributed by atoms with Crippen LogP contribution in [0.15, 0.2) is 24.3 Å². The number of unbranched alkanes of at least 4 members (excludes halogenated alkanes) is 1. The average Bonchev–Trinajstić information content (AvgIpc) is 3.20. The van der Waals surface area contributed by atoms with E-state index in [-0.39, 0.29) is 25.3 Å². The molecule has 0 radical (unpaired) electrons. The van der Waals surface area contributed by atoms with Crippen molar-refractivity contribution in [1.29, 1.82) is 5.41 Å². The Hall–Kier alpha value is -3.47. The second-order valence-electron chi connectivity index (χ2n) is 9.35. The van der Waals surface area contributed by atoms with Crippen molar-refractivity contribution in [2.24, 2.45) is 29.2 Å². The minimum absolute atomic E-state index is 0.0115. The minimum atomic E-state index is -1.69. The van der Waals surface area contributed by atoms with Crippen molar-refractivity contribution in [3.8, 4) is 0 Å². The number of nitrogens with zero attached hydrogens (tertiary/aromatic N) is 2. The maximum absolute atomic E-state index is 13.7. The number of benzene rings is 1. The summed E-state index contributed by atoms with van der Waals surface area (Å²) in [5.41, 5.74) is 10.4. The zero-order valence-corrected chi connectivity index (χ0v) is 20.2. The van der Waals surface area contributed by atoms with Crippen molar-refractivity contribution in [1.82, 2.24) is 9.80 Å². The number of carboxylic acid groups (broad SMARTS) is 1. The SMILES string of the molecule is CCCCN1C(=O)C2C(c3ccc(C(=N)N)cc3)N(CCC(N)=O)C(OC(=O)O)(C(C)C)C2C1=O. The lowest BCUT2D eigenvalue weighted by atomic mass is 9.80. The van der Waals surface area contributed by atoms with Crippen LogP contribution >= 0.6 is 0 Å². The van der Waals surface area contributed by atoms with Crippen LogP contribution in [-0.2, 0) is 19.1 Å². The number of fused-ring (bicyclic) bond motifs is 1. The molecule has 190 valence electrons. The normalized spacial score (nSPS) is 26.3. The highest BCUT2D eigenvalue weighted by molar-refractivity contribution is 6.07. The molecule has 2 fully saturated rings. The summed E-state index contributed by atoms with van der Waals surface area (Å²) >= 11 is 0. The number of amides is 3. The van der Waals surface area contributed by atoms with E-state index < -0.39 is 53.4 Å². The fourth-order valence-corrected chi connectivity index (χ4v) is 5.49. The smallest absolute Gasteiger partial charge is 0.450 e. The number of likely N-dealkylation sites (tertiary alicyclic amines) is 2. The van der Waals surface area contributed by atoms with Crippen LogP contribution in [0.2, 0.25) is 0 Å². The second-order valence-corrected chi connectivity index (χ2v) is 9.35. The maximum atomic E-state index is 13.7. The average molecular weight is 488 g/mol. The first-order chi connectivity index (χ1) is 16.5. The number of hydrogen-bond donors (Lipinski definition) is 4. The van der Waals surface area contributed by atoms with Gasteiger partial charge in [-0.2, -0.15) is 0 Å². The van der Waals surface area contributed by atoms with Gasteiger partial charge in [0.25, 0.3) is 0 Å². The molecule has 3 amide bonds. The third kappa shape index (κ3) is 4.47. The third-order valence-electron chi connectivity index (χ3n) is 6.99. The third-order valence-corrected chi connectivity index (χ3v) is 6.99. The molecule has 0 bridgehead atoms. The fourth-order valence-electron chi connectivity index (χ4n) is 5.49. The van der Waals surface area contributed by atoms with E-state index in [1.54, 1.807) is 43.0 Å². The lowest BCUT2D eigenvalue weighted by Crippen LogP contribution is -2.58. The Balaban J connectivity index is 2.23. The Labute approximate surface area is 203 Å². The molecule has 0 aromatic heterocycles. The van der Waals surface area contributed by atoms with Crippen LogP contribution in [0.3, 0.4) is 0 Å². The van der Waals surface area contributed by atoms with Gasteiger partial charge in [-0.3, -0.25) is 29.6 Å². The molecule has 11 nitrogen and oxygen atoms in total. The second kappa shape index (κ2) is 10.0. The number of carbonyl (C=O) groups excluding carboxylic acids is 3. The lowest BCUT2D eigenvalue weighted by molar-refractivity contribution is -0.178. The molecule has 6 N–H and O–H groups in total. The predicted octanol–water partition coefficient (Wildman–Crippen LogP) is 1.65. The fraction of sp³-hybridized carbons (Fsp3) is 0.542. The number of primary amides is 1. The van der Waals surface area contributed by atoms with E-state index in [2.05, 4.69) is 0 Å². The molecule has 0 saturated carbocycles. The van der Waals surface area contributed by atoms with Crippen LogP contribution in [-0.4, -0.2) is 63.4 Å². The van der Waals surface area contributed by atoms with Crippen LogP contribution in [0, 0.1) is 23.2 Å². The van der Waals surface area contributed by atoms with E-state index in [1.165, 1.54) is 4.90 Å². The molecule has 4 unspecified atom stereocenters. The Kier molecular flexibility index (Phi) is 7.49. The summed E-state index contributed by atoms with van der Waals surface area (Å²) in [5, 5.41) is 17.4. The van der Waals surface area contributed by atoms with Crippen molar-refractivity contribution in [2.75, 3.05) is 13.1 Å². The van der Waals surface area contributed by atoms with Crippen molar-refractivity contribution < 1.29 is 29.0 Å². The van der Waals surface area contributed by atoms with Gasteiger partial charge in [0.05, 0.1) is 12.0 Å². The molecule has 3 rings (SSSR count). The zero-order valence-electron chi connectivity index (χ0n) is 20.2. The number of carbonyl (C=O) groups is 4. The first kappa shape index (κ1) is 26.1. The van der Waals surface area contributed by atoms with Gasteiger partial charge in [-0.15, -0.1) is 0 Å². The number of hydrogen-bond acceptors (Lipinski definition) is 7. The molecule has 2 aliphatic heterocycles. The number of imide groups is 1. The summed E-state index contributed by atoms with van der Waals surface area (Å²) < 4.78 is 5.54. The topological polar surface area (TPSA) is 180 Å². The number of rotatable bonds is 10. The molecule has 2 saturated heterocycles. The molecule has 1 aromatic carbocycles. The molecule has 4 atom stereocenters. The molecule has 2 heterocycles. The summed E-state index contributed by atoms with van der Waals surface area (Å²) in [6.45, 7) is 5.63. The molecule has 11 heteroatoms. The van der Waals surface area contributed by atoms with E-state index in [1.807, 2.05) is 6.92 Å². The Bertz CT molecular complexity index is 1030. The molecule has 35 heavy (non-hydrogen) atoms. The van der Waals surface area contributed by atoms with Gasteiger partial charge in [-0.05, 0) is 12.0 Å². The van der Waals surface area contributed by atoms with Gasteiger partial charge in [0.2, 0.25) is 17.7 Å². The van der Waals surface area contributed by atoms with Crippen LogP contribution in [0.1, 0.15) is 57.2 Å². The van der Waals surface area contributed by atoms with E-state index in [0.29, 0.717) is 17.5 Å². The Morgan fingerprint density at radius 2 is 1.77 bits per heavy atom. The number of nitrogen functional groups attached to an aromatic ring is 1. The molecule has 2 aliphatic rings.